The molecule has 1 fully saturated rings. The Morgan fingerprint density at radius 1 is 1.07 bits per heavy atom. The van der Waals surface area contributed by atoms with E-state index in [2.05, 4.69) is 10.2 Å². The van der Waals surface area contributed by atoms with Crippen molar-refractivity contribution in [3.63, 3.8) is 0 Å². The lowest BCUT2D eigenvalue weighted by Gasteiger charge is -2.28. The Morgan fingerprint density at radius 3 is 2.43 bits per heavy atom. The second kappa shape index (κ2) is 9.32. The number of carbonyl (C=O) groups is 1. The Balaban J connectivity index is 1.65. The number of methoxy groups -OCH3 is 1. The minimum absolute atomic E-state index is 0.0944. The summed E-state index contributed by atoms with van der Waals surface area (Å²) in [5.41, 5.74) is 1.87. The van der Waals surface area contributed by atoms with Gasteiger partial charge in [0.15, 0.2) is 11.0 Å². The average molecular weight is 425 g/mol. The van der Waals surface area contributed by atoms with E-state index >= 15 is 0 Å². The number of nitrogens with zero attached hydrogens (tertiary/aromatic N) is 4. The van der Waals surface area contributed by atoms with Gasteiger partial charge in [-0.3, -0.25) is 9.36 Å². The highest BCUT2D eigenvalue weighted by Crippen LogP contribution is 2.31. The van der Waals surface area contributed by atoms with Gasteiger partial charge in [0.2, 0.25) is 5.91 Å². The summed E-state index contributed by atoms with van der Waals surface area (Å²) in [7, 11) is 1.64. The molecule has 3 aromatic rings. The molecule has 1 saturated heterocycles. The third-order valence-corrected chi connectivity index (χ3v) is 5.98. The van der Waals surface area contributed by atoms with E-state index in [0.29, 0.717) is 31.5 Å². The Bertz CT molecular complexity index is 985. The van der Waals surface area contributed by atoms with Crippen LogP contribution in [-0.4, -0.2) is 64.2 Å². The van der Waals surface area contributed by atoms with Crippen LogP contribution in [0.1, 0.15) is 6.92 Å². The first-order chi connectivity index (χ1) is 14.7. The van der Waals surface area contributed by atoms with Crippen LogP contribution in [0.2, 0.25) is 0 Å². The smallest absolute Gasteiger partial charge is 0.236 e. The second-order valence-electron chi connectivity index (χ2n) is 6.90. The Hall–Kier alpha value is -2.84. The van der Waals surface area contributed by atoms with Gasteiger partial charge < -0.3 is 14.4 Å². The fraction of sp³-hybridized carbons (Fsp3) is 0.318. The predicted octanol–water partition coefficient (Wildman–Crippen LogP) is 3.28. The molecule has 1 aliphatic rings. The monoisotopic (exact) mass is 424 g/mol. The molecule has 1 amide bonds. The van der Waals surface area contributed by atoms with Gasteiger partial charge in [0, 0.05) is 24.3 Å². The minimum atomic E-state index is -0.279. The first-order valence-electron chi connectivity index (χ1n) is 9.86. The van der Waals surface area contributed by atoms with Crippen LogP contribution in [0, 0.1) is 0 Å². The fourth-order valence-electron chi connectivity index (χ4n) is 3.33. The molecule has 7 nitrogen and oxygen atoms in total. The van der Waals surface area contributed by atoms with Crippen molar-refractivity contribution >= 4 is 17.7 Å². The van der Waals surface area contributed by atoms with Crippen molar-refractivity contribution in [2.24, 2.45) is 0 Å². The Labute approximate surface area is 180 Å². The summed E-state index contributed by atoms with van der Waals surface area (Å²) >= 11 is 1.42. The van der Waals surface area contributed by atoms with Gasteiger partial charge in [0.05, 0.1) is 25.6 Å². The minimum Gasteiger partial charge on any atom is -0.497 e. The van der Waals surface area contributed by atoms with Crippen molar-refractivity contribution in [2.75, 3.05) is 33.4 Å². The summed E-state index contributed by atoms with van der Waals surface area (Å²) in [5, 5.41) is 9.28. The first-order valence-corrected chi connectivity index (χ1v) is 10.7. The third kappa shape index (κ3) is 4.34. The van der Waals surface area contributed by atoms with Gasteiger partial charge >= 0.3 is 0 Å². The van der Waals surface area contributed by atoms with Crippen LogP contribution < -0.4 is 4.74 Å². The molecule has 0 aliphatic carbocycles. The summed E-state index contributed by atoms with van der Waals surface area (Å²) in [5.74, 6) is 1.60. The predicted molar refractivity (Wildman–Crippen MR) is 116 cm³/mol. The van der Waals surface area contributed by atoms with Crippen molar-refractivity contribution in [2.45, 2.75) is 17.3 Å². The van der Waals surface area contributed by atoms with Crippen LogP contribution in [0.3, 0.4) is 0 Å². The van der Waals surface area contributed by atoms with Crippen molar-refractivity contribution in [3.8, 4) is 22.8 Å². The van der Waals surface area contributed by atoms with E-state index in [1.54, 1.807) is 7.11 Å². The molecule has 0 radical (unpaired) electrons. The highest BCUT2D eigenvalue weighted by atomic mass is 32.2. The standard InChI is InChI=1S/C22H24N4O3S/c1-16(21(27)25-12-14-29-15-13-25)30-22-24-23-20(17-8-10-19(28-2)11-9-17)26(22)18-6-4-3-5-7-18/h3-11,16H,12-15H2,1-2H3. The summed E-state index contributed by atoms with van der Waals surface area (Å²) in [6.45, 7) is 4.35. The lowest BCUT2D eigenvalue weighted by atomic mass is 10.2. The number of benzene rings is 2. The number of morpholine rings is 1. The average Bonchev–Trinajstić information content (AvgIpc) is 3.23. The SMILES string of the molecule is COc1ccc(-c2nnc(SC(C)C(=O)N3CCOCC3)n2-c2ccccc2)cc1. The molecule has 0 saturated carbocycles. The van der Waals surface area contributed by atoms with E-state index in [1.165, 1.54) is 11.8 Å². The molecular weight excluding hydrogens is 400 g/mol. The van der Waals surface area contributed by atoms with Crippen LogP contribution in [-0.2, 0) is 9.53 Å². The van der Waals surface area contributed by atoms with E-state index in [1.807, 2.05) is 71.0 Å². The summed E-state index contributed by atoms with van der Waals surface area (Å²) < 4.78 is 12.6. The molecular formula is C22H24N4O3S. The number of hydrogen-bond donors (Lipinski definition) is 0. The van der Waals surface area contributed by atoms with E-state index in [4.69, 9.17) is 9.47 Å². The molecule has 156 valence electrons. The van der Waals surface area contributed by atoms with Gasteiger partial charge in [-0.2, -0.15) is 0 Å². The largest absolute Gasteiger partial charge is 0.497 e. The van der Waals surface area contributed by atoms with Gasteiger partial charge in [-0.05, 0) is 43.3 Å². The van der Waals surface area contributed by atoms with Crippen molar-refractivity contribution in [3.05, 3.63) is 54.6 Å². The molecule has 2 aromatic carbocycles. The number of rotatable bonds is 6. The van der Waals surface area contributed by atoms with Crippen LogP contribution >= 0.6 is 11.8 Å². The van der Waals surface area contributed by atoms with Crippen molar-refractivity contribution < 1.29 is 14.3 Å². The van der Waals surface area contributed by atoms with Crippen molar-refractivity contribution in [1.29, 1.82) is 0 Å². The van der Waals surface area contributed by atoms with Crippen molar-refractivity contribution in [1.82, 2.24) is 19.7 Å². The zero-order chi connectivity index (χ0) is 20.9. The van der Waals surface area contributed by atoms with E-state index in [9.17, 15) is 4.79 Å². The zero-order valence-electron chi connectivity index (χ0n) is 17.0. The molecule has 1 aromatic heterocycles. The number of hydrogen-bond acceptors (Lipinski definition) is 6. The summed E-state index contributed by atoms with van der Waals surface area (Å²) in [6, 6.07) is 17.7. The summed E-state index contributed by atoms with van der Waals surface area (Å²) in [6.07, 6.45) is 0. The molecule has 1 atom stereocenters. The van der Waals surface area contributed by atoms with Crippen LogP contribution in [0.25, 0.3) is 17.1 Å². The number of amides is 1. The van der Waals surface area contributed by atoms with Crippen LogP contribution in [0.15, 0.2) is 59.8 Å². The molecule has 4 rings (SSSR count). The number of carbonyl (C=O) groups excluding carboxylic acids is 1. The molecule has 1 unspecified atom stereocenters. The van der Waals surface area contributed by atoms with Gasteiger partial charge in [0.25, 0.3) is 0 Å². The molecule has 2 heterocycles. The Kier molecular flexibility index (Phi) is 6.35. The third-order valence-electron chi connectivity index (χ3n) is 4.95. The number of ether oxygens (including phenoxy) is 2. The molecule has 0 spiro atoms. The number of thioether (sulfide) groups is 1. The molecule has 0 N–H and O–H groups in total. The van der Waals surface area contributed by atoms with Gasteiger partial charge in [0.1, 0.15) is 5.75 Å². The maximum absolute atomic E-state index is 12.9. The lowest BCUT2D eigenvalue weighted by molar-refractivity contribution is -0.134. The highest BCUT2D eigenvalue weighted by molar-refractivity contribution is 8.00. The molecule has 0 bridgehead atoms. The molecule has 30 heavy (non-hydrogen) atoms. The number of para-hydroxylation sites is 1. The normalized spacial score (nSPS) is 15.1. The molecule has 1 aliphatic heterocycles. The van der Waals surface area contributed by atoms with Crippen LogP contribution in [0.4, 0.5) is 0 Å². The highest BCUT2D eigenvalue weighted by Gasteiger charge is 2.26. The van der Waals surface area contributed by atoms with Gasteiger partial charge in [-0.25, -0.2) is 0 Å². The number of aromatic nitrogens is 3. The Morgan fingerprint density at radius 2 is 1.77 bits per heavy atom. The lowest BCUT2D eigenvalue weighted by Crippen LogP contribution is -2.44. The van der Waals surface area contributed by atoms with Gasteiger partial charge in [-0.1, -0.05) is 30.0 Å². The maximum Gasteiger partial charge on any atom is 0.236 e. The first kappa shape index (κ1) is 20.4. The topological polar surface area (TPSA) is 69.5 Å². The van der Waals surface area contributed by atoms with E-state index < -0.39 is 0 Å². The van der Waals surface area contributed by atoms with Gasteiger partial charge in [-0.15, -0.1) is 10.2 Å². The maximum atomic E-state index is 12.9. The molecule has 8 heteroatoms. The van der Waals surface area contributed by atoms with E-state index in [0.717, 1.165) is 22.8 Å². The second-order valence-corrected chi connectivity index (χ2v) is 8.21. The summed E-state index contributed by atoms with van der Waals surface area (Å²) in [4.78, 5) is 14.7. The quantitative estimate of drug-likeness (QED) is 0.566. The van der Waals surface area contributed by atoms with Crippen LogP contribution in [0.5, 0.6) is 5.75 Å². The zero-order valence-corrected chi connectivity index (χ0v) is 17.8. The fourth-order valence-corrected chi connectivity index (χ4v) is 4.28. The van der Waals surface area contributed by atoms with E-state index in [-0.39, 0.29) is 11.2 Å².